The number of nitrogens with one attached hydrogen (secondary N) is 4. The minimum absolute atomic E-state index is 0.0661. The zero-order valence-electron chi connectivity index (χ0n) is 32.5. The molecule has 294 valence electrons. The molecule has 0 spiro atoms. The molecule has 0 saturated carbocycles. The molecule has 6 aromatic rings. The van der Waals surface area contributed by atoms with Gasteiger partial charge in [-0.3, -0.25) is 14.4 Å². The summed E-state index contributed by atoms with van der Waals surface area (Å²) in [6.45, 7) is 4.64. The number of ether oxygens (including phenoxy) is 1. The lowest BCUT2D eigenvalue weighted by Gasteiger charge is -2.28. The highest BCUT2D eigenvalue weighted by atomic mass is 16.6. The van der Waals surface area contributed by atoms with Crippen molar-refractivity contribution in [3.8, 4) is 22.5 Å². The highest BCUT2D eigenvalue weighted by Crippen LogP contribution is 2.35. The van der Waals surface area contributed by atoms with Crippen LogP contribution in [0.15, 0.2) is 103 Å². The number of carbonyl (C=O) groups is 4. The van der Waals surface area contributed by atoms with Crippen LogP contribution >= 0.6 is 0 Å². The van der Waals surface area contributed by atoms with Crippen molar-refractivity contribution < 1.29 is 23.9 Å². The van der Waals surface area contributed by atoms with E-state index in [0.717, 1.165) is 58.2 Å². The van der Waals surface area contributed by atoms with Crippen LogP contribution in [-0.2, 0) is 25.5 Å². The molecule has 58 heavy (non-hydrogen) atoms. The number of hydrogen-bond acceptors (Lipinski definition) is 6. The Bertz CT molecular complexity index is 2410. The Labute approximate surface area is 337 Å². The van der Waals surface area contributed by atoms with Gasteiger partial charge < -0.3 is 35.1 Å². The summed E-state index contributed by atoms with van der Waals surface area (Å²) in [6.07, 6.45) is 4.03. The Kier molecular flexibility index (Phi) is 10.9. The number of hydrogen-bond donors (Lipinski definition) is 4. The molecule has 2 saturated heterocycles. The fraction of sp³-hybridized carbons (Fsp3) is 0.283. The van der Waals surface area contributed by atoms with E-state index in [1.165, 1.54) is 0 Å². The number of nitrogens with zero attached hydrogens (tertiary/aromatic N) is 3. The number of carbonyl (C=O) groups excluding carboxylic acids is 4. The number of rotatable bonds is 11. The average molecular weight is 776 g/mol. The monoisotopic (exact) mass is 775 g/mol. The van der Waals surface area contributed by atoms with Crippen molar-refractivity contribution in [1.82, 2.24) is 30.1 Å². The third kappa shape index (κ3) is 8.30. The molecule has 0 aliphatic carbocycles. The van der Waals surface area contributed by atoms with Gasteiger partial charge >= 0.3 is 6.09 Å². The van der Waals surface area contributed by atoms with Crippen molar-refractivity contribution in [2.24, 2.45) is 0 Å². The Morgan fingerprint density at radius 1 is 0.862 bits per heavy atom. The van der Waals surface area contributed by atoms with Crippen LogP contribution in [0.3, 0.4) is 0 Å². The van der Waals surface area contributed by atoms with E-state index in [1.54, 1.807) is 42.0 Å². The molecular weight excluding hydrogens is 731 g/mol. The number of aromatic nitrogens is 3. The number of alkyl carbamates (subject to hydrolysis) is 1. The van der Waals surface area contributed by atoms with E-state index in [-0.39, 0.29) is 36.3 Å². The van der Waals surface area contributed by atoms with Gasteiger partial charge in [-0.1, -0.05) is 60.7 Å². The number of benzene rings is 3. The number of aromatic amines is 2. The molecule has 2 aliphatic rings. The second-order valence-corrected chi connectivity index (χ2v) is 15.1. The van der Waals surface area contributed by atoms with Crippen molar-refractivity contribution in [1.29, 1.82) is 0 Å². The van der Waals surface area contributed by atoms with Gasteiger partial charge in [0.05, 0.1) is 30.5 Å². The highest BCUT2D eigenvalue weighted by molar-refractivity contribution is 5.98. The summed E-state index contributed by atoms with van der Waals surface area (Å²) in [7, 11) is 0. The molecule has 12 heteroatoms. The molecule has 4 N–H and O–H groups in total. The molecule has 2 aliphatic heterocycles. The molecule has 0 unspecified atom stereocenters. The van der Waals surface area contributed by atoms with E-state index < -0.39 is 18.2 Å². The first-order valence-corrected chi connectivity index (χ1v) is 19.8. The number of likely N-dealkylation sites (tertiary alicyclic amines) is 2. The summed E-state index contributed by atoms with van der Waals surface area (Å²) in [5, 5.41) is 6.82. The van der Waals surface area contributed by atoms with Crippen LogP contribution in [0.1, 0.15) is 68.6 Å². The van der Waals surface area contributed by atoms with Crippen molar-refractivity contribution in [2.45, 2.75) is 70.2 Å². The third-order valence-electron chi connectivity index (χ3n) is 10.8. The number of fused-ring (bicyclic) bond motifs is 1. The molecule has 4 aromatic carbocycles. The molecule has 4 heterocycles. The quantitative estimate of drug-likeness (QED) is 0.107. The predicted octanol–water partition coefficient (Wildman–Crippen LogP) is 7.54. The van der Waals surface area contributed by atoms with Gasteiger partial charge in [-0.15, -0.1) is 0 Å². The van der Waals surface area contributed by atoms with Gasteiger partial charge in [0.15, 0.2) is 0 Å². The lowest BCUT2D eigenvalue weighted by atomic mass is 10.0. The minimum Gasteiger partial charge on any atom is -0.447 e. The zero-order valence-corrected chi connectivity index (χ0v) is 32.5. The first-order valence-electron chi connectivity index (χ1n) is 19.8. The molecule has 12 nitrogen and oxygen atoms in total. The van der Waals surface area contributed by atoms with Gasteiger partial charge in [-0.25, -0.2) is 9.78 Å². The lowest BCUT2D eigenvalue weighted by Crippen LogP contribution is -2.43. The van der Waals surface area contributed by atoms with E-state index in [1.807, 2.05) is 72.8 Å². The molecule has 8 rings (SSSR count). The van der Waals surface area contributed by atoms with Crippen molar-refractivity contribution >= 4 is 40.4 Å². The zero-order chi connectivity index (χ0) is 40.2. The summed E-state index contributed by atoms with van der Waals surface area (Å²) < 4.78 is 5.32. The molecule has 0 radical (unpaired) electrons. The van der Waals surface area contributed by atoms with Crippen LogP contribution in [0.4, 0.5) is 10.5 Å². The van der Waals surface area contributed by atoms with E-state index in [4.69, 9.17) is 9.72 Å². The van der Waals surface area contributed by atoms with Crippen LogP contribution in [0.5, 0.6) is 0 Å². The Balaban J connectivity index is 0.930. The topological polar surface area (TPSA) is 153 Å². The van der Waals surface area contributed by atoms with Crippen molar-refractivity contribution in [3.05, 3.63) is 132 Å². The van der Waals surface area contributed by atoms with Crippen LogP contribution in [-0.4, -0.2) is 73.8 Å². The predicted molar refractivity (Wildman–Crippen MR) is 220 cm³/mol. The van der Waals surface area contributed by atoms with E-state index in [0.29, 0.717) is 36.6 Å². The second kappa shape index (κ2) is 16.7. The van der Waals surface area contributed by atoms with Crippen molar-refractivity contribution in [3.63, 3.8) is 0 Å². The van der Waals surface area contributed by atoms with Gasteiger partial charge in [-0.05, 0) is 105 Å². The van der Waals surface area contributed by atoms with Crippen molar-refractivity contribution in [2.75, 3.05) is 18.4 Å². The van der Waals surface area contributed by atoms with Gasteiger partial charge in [0, 0.05) is 40.9 Å². The maximum Gasteiger partial charge on any atom is 0.408 e. The maximum atomic E-state index is 14.1. The van der Waals surface area contributed by atoms with Crippen LogP contribution in [0.25, 0.3) is 33.4 Å². The Morgan fingerprint density at radius 2 is 1.64 bits per heavy atom. The summed E-state index contributed by atoms with van der Waals surface area (Å²) in [5.41, 5.74) is 6.83. The number of amides is 4. The minimum atomic E-state index is -0.897. The second-order valence-electron chi connectivity index (χ2n) is 15.1. The molecule has 2 fully saturated rings. The number of H-pyrrole nitrogens is 2. The maximum absolute atomic E-state index is 14.1. The number of anilines is 1. The van der Waals surface area contributed by atoms with Crippen LogP contribution < -0.4 is 10.6 Å². The van der Waals surface area contributed by atoms with Gasteiger partial charge in [0.2, 0.25) is 11.8 Å². The van der Waals surface area contributed by atoms with Crippen LogP contribution in [0, 0.1) is 12.1 Å². The third-order valence-corrected chi connectivity index (χ3v) is 10.8. The molecule has 2 aromatic heterocycles. The van der Waals surface area contributed by atoms with Crippen LogP contribution in [0.2, 0.25) is 0 Å². The van der Waals surface area contributed by atoms with Gasteiger partial charge in [-0.2, -0.15) is 0 Å². The van der Waals surface area contributed by atoms with Gasteiger partial charge in [0.1, 0.15) is 17.9 Å². The first kappa shape index (κ1) is 38.0. The molecular formula is C46H45N7O5. The summed E-state index contributed by atoms with van der Waals surface area (Å²) >= 11 is 0. The normalized spacial score (nSPS) is 16.9. The van der Waals surface area contributed by atoms with E-state index in [2.05, 4.69) is 44.9 Å². The van der Waals surface area contributed by atoms with Gasteiger partial charge in [0.25, 0.3) is 5.91 Å². The average Bonchev–Trinajstić information content (AvgIpc) is 4.07. The molecule has 4 amide bonds. The highest BCUT2D eigenvalue weighted by Gasteiger charge is 2.37. The summed E-state index contributed by atoms with van der Waals surface area (Å²) in [6, 6.07) is 34.5. The first-order chi connectivity index (χ1) is 28.2. The van der Waals surface area contributed by atoms with E-state index >= 15 is 0 Å². The Morgan fingerprint density at radius 3 is 2.41 bits per heavy atom. The fourth-order valence-corrected chi connectivity index (χ4v) is 7.95. The Hall–Kier alpha value is -6.87. The largest absolute Gasteiger partial charge is 0.447 e. The molecule has 0 bridgehead atoms. The smallest absolute Gasteiger partial charge is 0.408 e. The van der Waals surface area contributed by atoms with E-state index in [9.17, 15) is 19.2 Å². The number of imidazole rings is 1. The lowest BCUT2D eigenvalue weighted by molar-refractivity contribution is -0.136. The summed E-state index contributed by atoms with van der Waals surface area (Å²) in [5.74, 6) is 0.227. The standard InChI is InChI=1S/C46H45N7O5/c1-29(2)58-46(57)51-42(32-13-7-4-8-14-32)45(56)53-24-9-15-39(53)43-47-28-38(50-43)33-19-22-36-34(26-33)27-37(49-36)31-17-20-35(21-18-31)48-44(55)40-16-10-23-52(40)41(54)25-30-11-5-3-6-12-30/h4-5,7-8,11-14,17-22,26-29,39-40,42,49H,9-10,15-16,23-25H2,1-2H3,(H,47,50)(H,48,55)(H,51,57)/t39-,40-,42+/m0/s1. The molecule has 3 atom stereocenters. The fourth-order valence-electron chi connectivity index (χ4n) is 7.95. The SMILES string of the molecule is CC(C)OC(=O)N[C@@H](C(=O)N1CCC[C@H]1c1ncc(-c2ccc3[nH]c(-c4ccc(NC(=O)[C@@H]5CCCN5C(=O)Cc5cc#ccc5)cc4)cc3c2)[nH]1)c1ccccc1. The summed E-state index contributed by atoms with van der Waals surface area (Å²) in [4.78, 5) is 68.3.